The third kappa shape index (κ3) is 6.22. The number of fused-ring (bicyclic) bond motifs is 1. The molecular formula is C23H34N2O5S. The molecule has 0 aromatic heterocycles. The third-order valence-electron chi connectivity index (χ3n) is 5.40. The second-order valence-electron chi connectivity index (χ2n) is 8.70. The Morgan fingerprint density at radius 1 is 1.35 bits per heavy atom. The van der Waals surface area contributed by atoms with Gasteiger partial charge in [-0.3, -0.25) is 4.79 Å². The number of carbonyl (C=O) groups excluding carboxylic acids is 1. The first-order valence-electron chi connectivity index (χ1n) is 10.6. The SMILES string of the molecule is CC(=O)N(C)C[C@@H]1Oc2cc(C#CCC(C)C)ccc2S(=O)(=O)N([C@@H](C)CO)C[C@@H]1C. The summed E-state index contributed by atoms with van der Waals surface area (Å²) in [6.07, 6.45) is 0.316. The van der Waals surface area contributed by atoms with Crippen molar-refractivity contribution in [1.82, 2.24) is 9.21 Å². The van der Waals surface area contributed by atoms with Crippen molar-refractivity contribution in [1.29, 1.82) is 0 Å². The number of aliphatic hydroxyl groups is 1. The van der Waals surface area contributed by atoms with Gasteiger partial charge < -0.3 is 14.7 Å². The van der Waals surface area contributed by atoms with Gasteiger partial charge in [0.2, 0.25) is 15.9 Å². The van der Waals surface area contributed by atoms with Gasteiger partial charge in [-0.05, 0) is 31.0 Å². The largest absolute Gasteiger partial charge is 0.487 e. The summed E-state index contributed by atoms with van der Waals surface area (Å²) in [6.45, 7) is 9.42. The molecule has 1 aromatic rings. The predicted octanol–water partition coefficient (Wildman–Crippen LogP) is 2.33. The van der Waals surface area contributed by atoms with Crippen molar-refractivity contribution in [2.75, 3.05) is 26.7 Å². The third-order valence-corrected chi connectivity index (χ3v) is 7.42. The molecule has 0 unspecified atom stereocenters. The maximum absolute atomic E-state index is 13.4. The lowest BCUT2D eigenvalue weighted by atomic mass is 10.0. The van der Waals surface area contributed by atoms with Crippen LogP contribution in [-0.4, -0.2) is 67.5 Å². The molecule has 1 aromatic carbocycles. The number of hydrogen-bond acceptors (Lipinski definition) is 5. The molecule has 0 fully saturated rings. The van der Waals surface area contributed by atoms with Gasteiger partial charge in [0.25, 0.3) is 0 Å². The lowest BCUT2D eigenvalue weighted by Crippen LogP contribution is -2.50. The van der Waals surface area contributed by atoms with Gasteiger partial charge in [0, 0.05) is 44.5 Å². The van der Waals surface area contributed by atoms with Crippen molar-refractivity contribution in [2.45, 2.75) is 58.1 Å². The van der Waals surface area contributed by atoms with Crippen LogP contribution in [0.2, 0.25) is 0 Å². The monoisotopic (exact) mass is 450 g/mol. The van der Waals surface area contributed by atoms with Crippen LogP contribution >= 0.6 is 0 Å². The van der Waals surface area contributed by atoms with E-state index in [2.05, 4.69) is 25.7 Å². The molecule has 0 radical (unpaired) electrons. The van der Waals surface area contributed by atoms with E-state index >= 15 is 0 Å². The summed E-state index contributed by atoms with van der Waals surface area (Å²) in [5, 5.41) is 9.68. The average molecular weight is 451 g/mol. The molecule has 0 spiro atoms. The number of ether oxygens (including phenoxy) is 1. The van der Waals surface area contributed by atoms with Gasteiger partial charge in [-0.1, -0.05) is 32.6 Å². The number of rotatable bonds is 5. The first kappa shape index (κ1) is 25.2. The van der Waals surface area contributed by atoms with Gasteiger partial charge in [0.15, 0.2) is 0 Å². The molecule has 1 amide bonds. The van der Waals surface area contributed by atoms with Crippen LogP contribution < -0.4 is 4.74 Å². The van der Waals surface area contributed by atoms with Gasteiger partial charge in [-0.15, -0.1) is 0 Å². The fourth-order valence-corrected chi connectivity index (χ4v) is 5.10. The van der Waals surface area contributed by atoms with E-state index in [0.29, 0.717) is 18.0 Å². The van der Waals surface area contributed by atoms with E-state index in [9.17, 15) is 18.3 Å². The zero-order valence-electron chi connectivity index (χ0n) is 19.3. The van der Waals surface area contributed by atoms with E-state index in [0.717, 1.165) is 6.42 Å². The number of hydrogen-bond donors (Lipinski definition) is 1. The standard InChI is InChI=1S/C23H34N2O5S/c1-16(2)8-7-9-20-10-11-23-21(12-20)30-22(14-24(6)19(5)27)17(3)13-25(18(4)15-26)31(23,28)29/h10-12,16-18,22,26H,8,13-15H2,1-6H3/t17-,18-,22-/m0/s1. The Morgan fingerprint density at radius 3 is 2.61 bits per heavy atom. The number of amides is 1. The molecule has 0 saturated heterocycles. The highest BCUT2D eigenvalue weighted by molar-refractivity contribution is 7.89. The van der Waals surface area contributed by atoms with E-state index < -0.39 is 22.2 Å². The quantitative estimate of drug-likeness (QED) is 0.696. The molecule has 1 aliphatic rings. The van der Waals surface area contributed by atoms with Gasteiger partial charge >= 0.3 is 0 Å². The maximum atomic E-state index is 13.4. The molecule has 1 N–H and O–H groups in total. The molecule has 3 atom stereocenters. The van der Waals surface area contributed by atoms with Crippen LogP contribution in [0.25, 0.3) is 0 Å². The summed E-state index contributed by atoms with van der Waals surface area (Å²) in [4.78, 5) is 13.4. The Hall–Kier alpha value is -2.08. The maximum Gasteiger partial charge on any atom is 0.247 e. The summed E-state index contributed by atoms with van der Waals surface area (Å²) in [6, 6.07) is 4.26. The first-order chi connectivity index (χ1) is 14.5. The van der Waals surface area contributed by atoms with Crippen molar-refractivity contribution in [2.24, 2.45) is 11.8 Å². The minimum Gasteiger partial charge on any atom is -0.487 e. The molecule has 1 aliphatic heterocycles. The van der Waals surface area contributed by atoms with E-state index in [-0.39, 0.29) is 35.6 Å². The van der Waals surface area contributed by atoms with Crippen molar-refractivity contribution in [3.05, 3.63) is 23.8 Å². The van der Waals surface area contributed by atoms with Crippen molar-refractivity contribution < 1.29 is 23.1 Å². The topological polar surface area (TPSA) is 87.2 Å². The normalized spacial score (nSPS) is 21.7. The fraction of sp³-hybridized carbons (Fsp3) is 0.609. The molecule has 0 aliphatic carbocycles. The van der Waals surface area contributed by atoms with E-state index in [4.69, 9.17) is 4.74 Å². The molecule has 31 heavy (non-hydrogen) atoms. The van der Waals surface area contributed by atoms with Crippen LogP contribution in [0.3, 0.4) is 0 Å². The molecule has 0 saturated carbocycles. The summed E-state index contributed by atoms with van der Waals surface area (Å²) >= 11 is 0. The van der Waals surface area contributed by atoms with Crippen LogP contribution in [0.1, 0.15) is 46.6 Å². The molecular weight excluding hydrogens is 416 g/mol. The Morgan fingerprint density at radius 2 is 2.03 bits per heavy atom. The van der Waals surface area contributed by atoms with Crippen LogP contribution in [0.15, 0.2) is 23.1 Å². The Balaban J connectivity index is 2.56. The minimum absolute atomic E-state index is 0.0459. The lowest BCUT2D eigenvalue weighted by molar-refractivity contribution is -0.129. The zero-order valence-corrected chi connectivity index (χ0v) is 20.1. The summed E-state index contributed by atoms with van der Waals surface area (Å²) in [5.74, 6) is 6.54. The summed E-state index contributed by atoms with van der Waals surface area (Å²) in [5.41, 5.74) is 0.670. The predicted molar refractivity (Wildman–Crippen MR) is 120 cm³/mol. The second-order valence-corrected chi connectivity index (χ2v) is 10.6. The number of benzene rings is 1. The highest BCUT2D eigenvalue weighted by atomic mass is 32.2. The van der Waals surface area contributed by atoms with E-state index in [1.54, 1.807) is 31.0 Å². The van der Waals surface area contributed by atoms with Gasteiger partial charge in [-0.25, -0.2) is 8.42 Å². The van der Waals surface area contributed by atoms with Crippen LogP contribution in [0.4, 0.5) is 0 Å². The number of likely N-dealkylation sites (N-methyl/N-ethyl adjacent to an activating group) is 1. The smallest absolute Gasteiger partial charge is 0.247 e. The Bertz CT molecular complexity index is 948. The van der Waals surface area contributed by atoms with Crippen molar-refractivity contribution >= 4 is 15.9 Å². The molecule has 0 bridgehead atoms. The van der Waals surface area contributed by atoms with E-state index in [1.807, 2.05) is 6.92 Å². The van der Waals surface area contributed by atoms with Crippen molar-refractivity contribution in [3.63, 3.8) is 0 Å². The second kappa shape index (κ2) is 10.5. The molecule has 2 rings (SSSR count). The highest BCUT2D eigenvalue weighted by Crippen LogP contribution is 2.34. The van der Waals surface area contributed by atoms with Crippen molar-refractivity contribution in [3.8, 4) is 17.6 Å². The summed E-state index contributed by atoms with van der Waals surface area (Å²) in [7, 11) is -2.19. The van der Waals surface area contributed by atoms with Gasteiger partial charge in [-0.2, -0.15) is 4.31 Å². The molecule has 1 heterocycles. The van der Waals surface area contributed by atoms with E-state index in [1.165, 1.54) is 17.3 Å². The Labute approximate surface area is 186 Å². The first-order valence-corrected chi connectivity index (χ1v) is 12.0. The number of aliphatic hydroxyl groups excluding tert-OH is 1. The van der Waals surface area contributed by atoms with Crippen LogP contribution in [0.5, 0.6) is 5.75 Å². The molecule has 7 nitrogen and oxygen atoms in total. The van der Waals surface area contributed by atoms with Crippen LogP contribution in [0, 0.1) is 23.7 Å². The number of nitrogens with zero attached hydrogens (tertiary/aromatic N) is 2. The van der Waals surface area contributed by atoms with Gasteiger partial charge in [0.05, 0.1) is 13.2 Å². The summed E-state index contributed by atoms with van der Waals surface area (Å²) < 4.78 is 34.3. The molecule has 172 valence electrons. The van der Waals surface area contributed by atoms with Crippen LogP contribution in [-0.2, 0) is 14.8 Å². The average Bonchev–Trinajstić information content (AvgIpc) is 2.69. The Kier molecular flexibility index (Phi) is 8.52. The number of carbonyl (C=O) groups is 1. The highest BCUT2D eigenvalue weighted by Gasteiger charge is 2.38. The zero-order chi connectivity index (χ0) is 23.3. The fourth-order valence-electron chi connectivity index (χ4n) is 3.28. The lowest BCUT2D eigenvalue weighted by Gasteiger charge is -2.37. The van der Waals surface area contributed by atoms with Gasteiger partial charge in [0.1, 0.15) is 16.7 Å². The number of sulfonamides is 1. The minimum atomic E-state index is -3.89. The molecule has 8 heteroatoms.